The molecule has 0 N–H and O–H groups in total. The van der Waals surface area contributed by atoms with Crippen molar-refractivity contribution in [1.29, 1.82) is 0 Å². The summed E-state index contributed by atoms with van der Waals surface area (Å²) in [6.07, 6.45) is 7.98. The van der Waals surface area contributed by atoms with Crippen LogP contribution in [-0.2, 0) is 22.4 Å². The average Bonchev–Trinajstić information content (AvgIpc) is 2.79. The highest BCUT2D eigenvalue weighted by atomic mass is 16.2. The highest BCUT2D eigenvalue weighted by Gasteiger charge is 2.40. The first-order valence-corrected chi connectivity index (χ1v) is 7.99. The van der Waals surface area contributed by atoms with Crippen LogP contribution in [0.1, 0.15) is 49.7 Å². The van der Waals surface area contributed by atoms with Gasteiger partial charge in [-0.2, -0.15) is 0 Å². The molecule has 0 spiro atoms. The molecule has 4 rings (SSSR count). The minimum Gasteiger partial charge on any atom is -0.269 e. The molecule has 0 saturated carbocycles. The lowest BCUT2D eigenvalue weighted by molar-refractivity contribution is -0.120. The van der Waals surface area contributed by atoms with Crippen molar-refractivity contribution in [3.05, 3.63) is 40.5 Å². The van der Waals surface area contributed by atoms with Gasteiger partial charge in [-0.3, -0.25) is 9.59 Å². The minimum absolute atomic E-state index is 0.0614. The van der Waals surface area contributed by atoms with E-state index < -0.39 is 0 Å². The monoisotopic (exact) mass is 281 g/mol. The van der Waals surface area contributed by atoms with Gasteiger partial charge < -0.3 is 0 Å². The minimum atomic E-state index is -0.0614. The zero-order valence-electron chi connectivity index (χ0n) is 12.2. The predicted octanol–water partition coefficient (Wildman–Crippen LogP) is 3.31. The quantitative estimate of drug-likeness (QED) is 0.741. The first-order chi connectivity index (χ1) is 10.3. The molecule has 108 valence electrons. The molecule has 3 aliphatic rings. The van der Waals surface area contributed by atoms with Crippen LogP contribution in [0.15, 0.2) is 29.3 Å². The number of anilines is 1. The number of nitrogens with zero attached hydrogens (tertiary/aromatic N) is 1. The fourth-order valence-electron chi connectivity index (χ4n) is 3.93. The van der Waals surface area contributed by atoms with Crippen LogP contribution in [0.5, 0.6) is 0 Å². The molecule has 1 aromatic rings. The van der Waals surface area contributed by atoms with E-state index in [4.69, 9.17) is 0 Å². The first kappa shape index (κ1) is 12.8. The van der Waals surface area contributed by atoms with Crippen molar-refractivity contribution in [2.24, 2.45) is 0 Å². The van der Waals surface area contributed by atoms with Gasteiger partial charge in [-0.25, -0.2) is 4.90 Å². The van der Waals surface area contributed by atoms with Gasteiger partial charge in [-0.1, -0.05) is 12.1 Å². The van der Waals surface area contributed by atoms with Gasteiger partial charge in [0.1, 0.15) is 0 Å². The molecular formula is C18H19NO2. The highest BCUT2D eigenvalue weighted by Crippen LogP contribution is 2.38. The van der Waals surface area contributed by atoms with E-state index in [0.717, 1.165) is 61.8 Å². The number of fused-ring (bicyclic) bond motifs is 1. The Hall–Kier alpha value is -1.90. The maximum absolute atomic E-state index is 12.7. The van der Waals surface area contributed by atoms with Crippen LogP contribution in [0.25, 0.3) is 0 Å². The van der Waals surface area contributed by atoms with Crippen molar-refractivity contribution >= 4 is 17.5 Å². The van der Waals surface area contributed by atoms with Crippen LogP contribution in [0, 0.1) is 0 Å². The number of rotatable bonds is 1. The van der Waals surface area contributed by atoms with Crippen LogP contribution in [0.4, 0.5) is 5.69 Å². The summed E-state index contributed by atoms with van der Waals surface area (Å²) >= 11 is 0. The molecule has 0 unspecified atom stereocenters. The third-order valence-corrected chi connectivity index (χ3v) is 5.00. The van der Waals surface area contributed by atoms with Crippen LogP contribution in [-0.4, -0.2) is 11.8 Å². The van der Waals surface area contributed by atoms with E-state index in [9.17, 15) is 9.59 Å². The second-order valence-corrected chi connectivity index (χ2v) is 6.23. The third-order valence-electron chi connectivity index (χ3n) is 5.00. The van der Waals surface area contributed by atoms with Gasteiger partial charge in [-0.15, -0.1) is 0 Å². The van der Waals surface area contributed by atoms with Crippen molar-refractivity contribution in [3.63, 3.8) is 0 Å². The molecule has 0 fully saturated rings. The Morgan fingerprint density at radius 2 is 1.38 bits per heavy atom. The number of benzene rings is 1. The molecule has 3 heteroatoms. The summed E-state index contributed by atoms with van der Waals surface area (Å²) in [6.45, 7) is 0. The van der Waals surface area contributed by atoms with Crippen LogP contribution in [0.3, 0.4) is 0 Å². The number of amides is 2. The van der Waals surface area contributed by atoms with E-state index in [1.54, 1.807) is 0 Å². The lowest BCUT2D eigenvalue weighted by atomic mass is 9.90. The Kier molecular flexibility index (Phi) is 2.95. The van der Waals surface area contributed by atoms with Crippen molar-refractivity contribution < 1.29 is 9.59 Å². The summed E-state index contributed by atoms with van der Waals surface area (Å²) < 4.78 is 0. The van der Waals surface area contributed by atoms with Crippen molar-refractivity contribution in [2.75, 3.05) is 4.90 Å². The van der Waals surface area contributed by atoms with Gasteiger partial charge in [0, 0.05) is 11.1 Å². The van der Waals surface area contributed by atoms with Gasteiger partial charge >= 0.3 is 0 Å². The predicted molar refractivity (Wildman–Crippen MR) is 81.1 cm³/mol. The number of aryl methyl sites for hydroxylation is 1. The molecule has 3 nitrogen and oxygen atoms in total. The maximum atomic E-state index is 12.7. The summed E-state index contributed by atoms with van der Waals surface area (Å²) in [7, 11) is 0. The number of hydrogen-bond acceptors (Lipinski definition) is 2. The summed E-state index contributed by atoms with van der Waals surface area (Å²) in [5.74, 6) is -0.123. The smallest absolute Gasteiger partial charge is 0.261 e. The van der Waals surface area contributed by atoms with Crippen LogP contribution < -0.4 is 4.90 Å². The van der Waals surface area contributed by atoms with E-state index in [1.165, 1.54) is 22.4 Å². The lowest BCUT2D eigenvalue weighted by Gasteiger charge is -2.24. The second kappa shape index (κ2) is 4.83. The Balaban J connectivity index is 1.79. The normalized spacial score (nSPS) is 21.6. The van der Waals surface area contributed by atoms with E-state index >= 15 is 0 Å². The molecule has 1 aliphatic heterocycles. The largest absolute Gasteiger partial charge is 0.269 e. The number of imide groups is 1. The average molecular weight is 281 g/mol. The number of carbonyl (C=O) groups excluding carboxylic acids is 2. The standard InChI is InChI=1S/C18H19NO2/c20-17-14-9-3-4-10-15(14)18(21)19(17)16-11-5-7-12-6-1-2-8-13(12)16/h5,7,11H,1-4,6,8-10H2. The molecule has 0 saturated heterocycles. The molecule has 1 heterocycles. The van der Waals surface area contributed by atoms with Crippen molar-refractivity contribution in [3.8, 4) is 0 Å². The molecule has 0 radical (unpaired) electrons. The topological polar surface area (TPSA) is 37.4 Å². The Labute approximate surface area is 124 Å². The molecule has 2 amide bonds. The van der Waals surface area contributed by atoms with Crippen LogP contribution >= 0.6 is 0 Å². The fraction of sp³-hybridized carbons (Fsp3) is 0.444. The third kappa shape index (κ3) is 1.87. The van der Waals surface area contributed by atoms with Gasteiger partial charge in [0.05, 0.1) is 5.69 Å². The summed E-state index contributed by atoms with van der Waals surface area (Å²) in [5.41, 5.74) is 4.92. The zero-order chi connectivity index (χ0) is 14.4. The Morgan fingerprint density at radius 3 is 2.10 bits per heavy atom. The number of carbonyl (C=O) groups is 2. The van der Waals surface area contributed by atoms with E-state index in [0.29, 0.717) is 0 Å². The summed E-state index contributed by atoms with van der Waals surface area (Å²) in [6, 6.07) is 6.06. The van der Waals surface area contributed by atoms with Gasteiger partial charge in [0.2, 0.25) is 0 Å². The van der Waals surface area contributed by atoms with Gasteiger partial charge in [0.15, 0.2) is 0 Å². The molecule has 0 atom stereocenters. The van der Waals surface area contributed by atoms with Crippen molar-refractivity contribution in [2.45, 2.75) is 51.4 Å². The maximum Gasteiger partial charge on any atom is 0.261 e. The molecule has 0 bridgehead atoms. The molecule has 1 aromatic carbocycles. The Bertz CT molecular complexity index is 644. The zero-order valence-corrected chi connectivity index (χ0v) is 12.2. The van der Waals surface area contributed by atoms with E-state index in [-0.39, 0.29) is 11.8 Å². The summed E-state index contributed by atoms with van der Waals surface area (Å²) in [4.78, 5) is 26.8. The van der Waals surface area contributed by atoms with Crippen LogP contribution in [0.2, 0.25) is 0 Å². The SMILES string of the molecule is O=C1C2=C(CCCC2)C(=O)N1c1cccc2c1CCCC2. The fourth-order valence-corrected chi connectivity index (χ4v) is 3.93. The number of hydrogen-bond donors (Lipinski definition) is 0. The Morgan fingerprint density at radius 1 is 0.762 bits per heavy atom. The van der Waals surface area contributed by atoms with E-state index in [1.807, 2.05) is 12.1 Å². The van der Waals surface area contributed by atoms with E-state index in [2.05, 4.69) is 6.07 Å². The van der Waals surface area contributed by atoms with Gasteiger partial charge in [0.25, 0.3) is 11.8 Å². The molecular weight excluding hydrogens is 262 g/mol. The highest BCUT2D eigenvalue weighted by molar-refractivity contribution is 6.33. The molecule has 2 aliphatic carbocycles. The first-order valence-electron chi connectivity index (χ1n) is 7.99. The van der Waals surface area contributed by atoms with Crippen molar-refractivity contribution in [1.82, 2.24) is 0 Å². The molecule has 0 aromatic heterocycles. The second-order valence-electron chi connectivity index (χ2n) is 6.23. The van der Waals surface area contributed by atoms with Gasteiger partial charge in [-0.05, 0) is 68.6 Å². The lowest BCUT2D eigenvalue weighted by Crippen LogP contribution is -2.33. The molecule has 21 heavy (non-hydrogen) atoms. The summed E-state index contributed by atoms with van der Waals surface area (Å²) in [5, 5.41) is 0.